The van der Waals surface area contributed by atoms with Gasteiger partial charge in [-0.15, -0.1) is 5.10 Å². The van der Waals surface area contributed by atoms with Gasteiger partial charge in [-0.05, 0) is 18.8 Å². The molecule has 1 aliphatic carbocycles. The molecule has 7 nitrogen and oxygen atoms in total. The number of amides is 1. The number of likely N-dealkylation sites (tertiary alicyclic amines) is 1. The molecule has 0 spiro atoms. The van der Waals surface area contributed by atoms with Crippen molar-refractivity contribution in [3.8, 4) is 0 Å². The first kappa shape index (κ1) is 16.8. The van der Waals surface area contributed by atoms with E-state index in [0.717, 1.165) is 19.4 Å². The van der Waals surface area contributed by atoms with Crippen LogP contribution >= 0.6 is 0 Å². The fourth-order valence-corrected chi connectivity index (χ4v) is 3.62. The van der Waals surface area contributed by atoms with Crippen molar-refractivity contribution in [1.29, 1.82) is 0 Å². The van der Waals surface area contributed by atoms with Crippen molar-refractivity contribution in [3.05, 3.63) is 11.9 Å². The lowest BCUT2D eigenvalue weighted by Crippen LogP contribution is -2.40. The van der Waals surface area contributed by atoms with Crippen LogP contribution in [0.2, 0.25) is 0 Å². The number of halogens is 2. The van der Waals surface area contributed by atoms with Crippen LogP contribution in [0, 0.1) is 5.92 Å². The zero-order valence-electron chi connectivity index (χ0n) is 14.1. The molecule has 3 fully saturated rings. The minimum atomic E-state index is -2.65. The lowest BCUT2D eigenvalue weighted by molar-refractivity contribution is 0.0116. The maximum atomic E-state index is 13.8. The molecule has 9 heteroatoms. The van der Waals surface area contributed by atoms with Crippen LogP contribution in [-0.2, 0) is 11.3 Å². The standard InChI is InChI=1S/C16H23F2N5O2/c17-16(18)7-13(22(11-16)8-12-1-2-12)9-23-10-14(19-20-23)15(24)21-3-5-25-6-4-21/h10,12-13H,1-9,11H2. The number of ether oxygens (including phenoxy) is 1. The summed E-state index contributed by atoms with van der Waals surface area (Å²) in [6.07, 6.45) is 3.68. The first-order valence-corrected chi connectivity index (χ1v) is 8.89. The van der Waals surface area contributed by atoms with Gasteiger partial charge >= 0.3 is 0 Å². The molecule has 0 aromatic carbocycles. The Morgan fingerprint density at radius 2 is 2.04 bits per heavy atom. The van der Waals surface area contributed by atoms with Gasteiger partial charge in [-0.25, -0.2) is 8.78 Å². The van der Waals surface area contributed by atoms with E-state index in [1.807, 2.05) is 4.90 Å². The molecule has 2 aliphatic heterocycles. The van der Waals surface area contributed by atoms with E-state index >= 15 is 0 Å². The number of carbonyl (C=O) groups excluding carboxylic acids is 1. The van der Waals surface area contributed by atoms with E-state index < -0.39 is 5.92 Å². The number of hydrogen-bond acceptors (Lipinski definition) is 5. The summed E-state index contributed by atoms with van der Waals surface area (Å²) in [7, 11) is 0. The minimum Gasteiger partial charge on any atom is -0.378 e. The van der Waals surface area contributed by atoms with Crippen molar-refractivity contribution in [2.45, 2.75) is 37.8 Å². The van der Waals surface area contributed by atoms with E-state index in [-0.39, 0.29) is 30.6 Å². The molecule has 4 rings (SSSR count). The van der Waals surface area contributed by atoms with Gasteiger partial charge in [0.1, 0.15) is 0 Å². The molecule has 3 aliphatic rings. The molecule has 1 aromatic rings. The van der Waals surface area contributed by atoms with Crippen LogP contribution < -0.4 is 0 Å². The van der Waals surface area contributed by atoms with E-state index in [4.69, 9.17) is 4.74 Å². The van der Waals surface area contributed by atoms with Crippen molar-refractivity contribution >= 4 is 5.91 Å². The van der Waals surface area contributed by atoms with Crippen molar-refractivity contribution in [3.63, 3.8) is 0 Å². The largest absolute Gasteiger partial charge is 0.378 e. The number of hydrogen-bond donors (Lipinski definition) is 0. The first-order valence-electron chi connectivity index (χ1n) is 8.89. The van der Waals surface area contributed by atoms with Gasteiger partial charge in [0.25, 0.3) is 11.8 Å². The van der Waals surface area contributed by atoms with Gasteiger partial charge in [0.2, 0.25) is 0 Å². The van der Waals surface area contributed by atoms with E-state index in [1.165, 1.54) is 4.68 Å². The summed E-state index contributed by atoms with van der Waals surface area (Å²) in [5.41, 5.74) is 0.264. The minimum absolute atomic E-state index is 0.160. The summed E-state index contributed by atoms with van der Waals surface area (Å²) in [6, 6.07) is -0.261. The normalized spacial score (nSPS) is 27.0. The summed E-state index contributed by atoms with van der Waals surface area (Å²) < 4.78 is 34.4. The molecule has 1 aromatic heterocycles. The maximum absolute atomic E-state index is 13.8. The van der Waals surface area contributed by atoms with Crippen LogP contribution in [0.1, 0.15) is 29.8 Å². The number of aromatic nitrogens is 3. The van der Waals surface area contributed by atoms with Gasteiger partial charge in [-0.2, -0.15) is 0 Å². The summed E-state index contributed by atoms with van der Waals surface area (Å²) in [6.45, 7) is 3.01. The molecule has 1 unspecified atom stereocenters. The Hall–Kier alpha value is -1.61. The smallest absolute Gasteiger partial charge is 0.276 e. The van der Waals surface area contributed by atoms with Crippen molar-refractivity contribution in [2.75, 3.05) is 39.4 Å². The molecule has 1 atom stereocenters. The molecule has 3 heterocycles. The number of alkyl halides is 2. The number of carbonyl (C=O) groups is 1. The highest BCUT2D eigenvalue weighted by atomic mass is 19.3. The van der Waals surface area contributed by atoms with Gasteiger partial charge in [-0.3, -0.25) is 14.4 Å². The highest BCUT2D eigenvalue weighted by Gasteiger charge is 2.46. The topological polar surface area (TPSA) is 63.5 Å². The quantitative estimate of drug-likeness (QED) is 0.784. The predicted molar refractivity (Wildman–Crippen MR) is 84.4 cm³/mol. The summed E-state index contributed by atoms with van der Waals surface area (Å²) in [4.78, 5) is 16.0. The Kier molecular flexibility index (Phi) is 4.45. The molecule has 1 amide bonds. The Balaban J connectivity index is 1.40. The number of rotatable bonds is 5. The van der Waals surface area contributed by atoms with Crippen LogP contribution in [0.4, 0.5) is 8.78 Å². The van der Waals surface area contributed by atoms with E-state index in [0.29, 0.717) is 38.8 Å². The summed E-state index contributed by atoms with van der Waals surface area (Å²) >= 11 is 0. The highest BCUT2D eigenvalue weighted by molar-refractivity contribution is 5.91. The third-order valence-electron chi connectivity index (χ3n) is 5.13. The number of nitrogens with zero attached hydrogens (tertiary/aromatic N) is 5. The molecule has 0 N–H and O–H groups in total. The molecule has 25 heavy (non-hydrogen) atoms. The van der Waals surface area contributed by atoms with Crippen molar-refractivity contribution in [2.24, 2.45) is 5.92 Å². The second-order valence-corrected chi connectivity index (χ2v) is 7.32. The lowest BCUT2D eigenvalue weighted by atomic mass is 10.2. The monoisotopic (exact) mass is 355 g/mol. The Morgan fingerprint density at radius 1 is 1.28 bits per heavy atom. The van der Waals surface area contributed by atoms with Gasteiger partial charge in [0.05, 0.1) is 32.5 Å². The van der Waals surface area contributed by atoms with Crippen molar-refractivity contribution < 1.29 is 18.3 Å². The van der Waals surface area contributed by atoms with Gasteiger partial charge < -0.3 is 9.64 Å². The molecular formula is C16H23F2N5O2. The second-order valence-electron chi connectivity index (χ2n) is 7.32. The fraction of sp³-hybridized carbons (Fsp3) is 0.812. The third kappa shape index (κ3) is 3.98. The molecule has 0 bridgehead atoms. The SMILES string of the molecule is O=C(c1cn(CC2CC(F)(F)CN2CC2CC2)nn1)N1CCOCC1. The van der Waals surface area contributed by atoms with E-state index in [9.17, 15) is 13.6 Å². The zero-order valence-corrected chi connectivity index (χ0v) is 14.1. The van der Waals surface area contributed by atoms with Crippen LogP contribution in [-0.4, -0.2) is 82.1 Å². The lowest BCUT2D eigenvalue weighted by Gasteiger charge is -2.25. The first-order chi connectivity index (χ1) is 12.0. The van der Waals surface area contributed by atoms with Crippen LogP contribution in [0.15, 0.2) is 6.20 Å². The molecule has 2 saturated heterocycles. The predicted octanol–water partition coefficient (Wildman–Crippen LogP) is 0.870. The van der Waals surface area contributed by atoms with Gasteiger partial charge in [-0.1, -0.05) is 5.21 Å². The molecule has 0 radical (unpaired) electrons. The van der Waals surface area contributed by atoms with E-state index in [2.05, 4.69) is 10.3 Å². The molecular weight excluding hydrogens is 332 g/mol. The van der Waals surface area contributed by atoms with Gasteiger partial charge in [0, 0.05) is 32.1 Å². The van der Waals surface area contributed by atoms with Crippen LogP contribution in [0.25, 0.3) is 0 Å². The molecule has 138 valence electrons. The summed E-state index contributed by atoms with van der Waals surface area (Å²) in [5.74, 6) is -2.26. The Bertz CT molecular complexity index is 628. The average molecular weight is 355 g/mol. The third-order valence-corrected chi connectivity index (χ3v) is 5.13. The maximum Gasteiger partial charge on any atom is 0.276 e. The van der Waals surface area contributed by atoms with Crippen LogP contribution in [0.5, 0.6) is 0 Å². The summed E-state index contributed by atoms with van der Waals surface area (Å²) in [5, 5.41) is 7.93. The van der Waals surface area contributed by atoms with Crippen molar-refractivity contribution in [1.82, 2.24) is 24.8 Å². The van der Waals surface area contributed by atoms with E-state index in [1.54, 1.807) is 11.1 Å². The molecule has 1 saturated carbocycles. The average Bonchev–Trinajstić information content (AvgIpc) is 3.20. The Morgan fingerprint density at radius 3 is 2.76 bits per heavy atom. The highest BCUT2D eigenvalue weighted by Crippen LogP contribution is 2.37. The Labute approximate surface area is 144 Å². The van der Waals surface area contributed by atoms with Gasteiger partial charge in [0.15, 0.2) is 5.69 Å². The number of morpholine rings is 1. The van der Waals surface area contributed by atoms with Crippen LogP contribution in [0.3, 0.4) is 0 Å². The zero-order chi connectivity index (χ0) is 17.4. The second kappa shape index (κ2) is 6.60. The fourth-order valence-electron chi connectivity index (χ4n) is 3.62.